The zero-order valence-electron chi connectivity index (χ0n) is 15.2. The highest BCUT2D eigenvalue weighted by Gasteiger charge is 2.40. The predicted octanol–water partition coefficient (Wildman–Crippen LogP) is 2.65. The first-order valence-electron chi connectivity index (χ1n) is 9.17. The Morgan fingerprint density at radius 3 is 2.68 bits per heavy atom. The van der Waals surface area contributed by atoms with Gasteiger partial charge in [0.1, 0.15) is 0 Å². The Kier molecular flexibility index (Phi) is 4.70. The molecule has 28 heavy (non-hydrogen) atoms. The van der Waals surface area contributed by atoms with Crippen LogP contribution in [0.5, 0.6) is 0 Å². The summed E-state index contributed by atoms with van der Waals surface area (Å²) in [6, 6.07) is 11.9. The van der Waals surface area contributed by atoms with E-state index in [0.29, 0.717) is 30.5 Å². The predicted molar refractivity (Wildman–Crippen MR) is 103 cm³/mol. The van der Waals surface area contributed by atoms with Gasteiger partial charge >= 0.3 is 0 Å². The molecular formula is C21H20N2O5. The molecule has 0 radical (unpaired) electrons. The van der Waals surface area contributed by atoms with Gasteiger partial charge in [0, 0.05) is 48.0 Å². The molecule has 4 rings (SSSR count). The number of rotatable bonds is 5. The number of aliphatic hydroxyl groups is 2. The highest BCUT2D eigenvalue weighted by molar-refractivity contribution is 6.03. The van der Waals surface area contributed by atoms with E-state index in [0.717, 1.165) is 22.5 Å². The smallest absolute Gasteiger partial charge is 0.269 e. The summed E-state index contributed by atoms with van der Waals surface area (Å²) < 4.78 is 0. The molecule has 1 unspecified atom stereocenters. The summed E-state index contributed by atoms with van der Waals surface area (Å²) in [6.07, 6.45) is 0.960. The molecule has 2 aromatic rings. The van der Waals surface area contributed by atoms with Gasteiger partial charge in [0.25, 0.3) is 5.69 Å². The summed E-state index contributed by atoms with van der Waals surface area (Å²) in [5.74, 6) is -0.367. The van der Waals surface area contributed by atoms with E-state index in [1.807, 2.05) is 17.0 Å². The van der Waals surface area contributed by atoms with Gasteiger partial charge in [-0.25, -0.2) is 0 Å². The second-order valence-corrected chi connectivity index (χ2v) is 7.00. The molecule has 0 spiro atoms. The van der Waals surface area contributed by atoms with Crippen LogP contribution in [0.2, 0.25) is 0 Å². The molecule has 1 heterocycles. The number of anilines is 1. The molecule has 7 nitrogen and oxygen atoms in total. The lowest BCUT2D eigenvalue weighted by molar-refractivity contribution is -0.384. The quantitative estimate of drug-likeness (QED) is 0.610. The molecule has 2 aromatic carbocycles. The van der Waals surface area contributed by atoms with E-state index in [1.165, 1.54) is 12.1 Å². The molecule has 0 saturated carbocycles. The molecule has 0 amide bonds. The molecule has 0 fully saturated rings. The number of allylic oxidation sites excluding steroid dienone is 2. The monoisotopic (exact) mass is 380 g/mol. The molecular weight excluding hydrogens is 360 g/mol. The van der Waals surface area contributed by atoms with Crippen molar-refractivity contribution in [2.24, 2.45) is 0 Å². The summed E-state index contributed by atoms with van der Waals surface area (Å²) in [5, 5.41) is 30.4. The second kappa shape index (κ2) is 7.18. The third-order valence-corrected chi connectivity index (χ3v) is 5.43. The average molecular weight is 380 g/mol. The van der Waals surface area contributed by atoms with Crippen molar-refractivity contribution in [1.29, 1.82) is 0 Å². The fraction of sp³-hybridized carbons (Fsp3) is 0.286. The van der Waals surface area contributed by atoms with Crippen LogP contribution in [-0.2, 0) is 11.4 Å². The maximum Gasteiger partial charge on any atom is 0.269 e. The van der Waals surface area contributed by atoms with Gasteiger partial charge in [-0.3, -0.25) is 14.9 Å². The number of ketones is 1. The van der Waals surface area contributed by atoms with Gasteiger partial charge in [-0.1, -0.05) is 24.3 Å². The number of hydrogen-bond acceptors (Lipinski definition) is 6. The lowest BCUT2D eigenvalue weighted by Gasteiger charge is -2.37. The number of Topliss-reactive ketones (excluding diaryl/α,β-unsaturated/α-hetero) is 1. The number of aliphatic hydroxyl groups excluding tert-OH is 2. The van der Waals surface area contributed by atoms with Gasteiger partial charge in [0.15, 0.2) is 5.78 Å². The number of non-ortho nitro benzene ring substituents is 1. The third-order valence-electron chi connectivity index (χ3n) is 5.43. The zero-order valence-corrected chi connectivity index (χ0v) is 15.2. The largest absolute Gasteiger partial charge is 0.395 e. The van der Waals surface area contributed by atoms with Crippen LogP contribution in [0.25, 0.3) is 0 Å². The number of nitrogens with zero attached hydrogens (tertiary/aromatic N) is 2. The first kappa shape index (κ1) is 18.3. The minimum Gasteiger partial charge on any atom is -0.395 e. The maximum atomic E-state index is 12.8. The van der Waals surface area contributed by atoms with Crippen LogP contribution in [0.15, 0.2) is 53.7 Å². The van der Waals surface area contributed by atoms with Crippen molar-refractivity contribution in [2.75, 3.05) is 18.1 Å². The highest BCUT2D eigenvalue weighted by atomic mass is 16.6. The van der Waals surface area contributed by atoms with Crippen molar-refractivity contribution in [2.45, 2.75) is 25.4 Å². The van der Waals surface area contributed by atoms with Crippen molar-refractivity contribution in [3.63, 3.8) is 0 Å². The summed E-state index contributed by atoms with van der Waals surface area (Å²) in [5.41, 5.74) is 4.59. The number of β-amino-alcohol motifs (C(OH)–C–C–N with tert-alkyl or cyclic N) is 1. The van der Waals surface area contributed by atoms with Crippen molar-refractivity contribution < 1.29 is 19.9 Å². The van der Waals surface area contributed by atoms with Gasteiger partial charge in [-0.05, 0) is 29.2 Å². The van der Waals surface area contributed by atoms with Crippen molar-refractivity contribution in [3.8, 4) is 0 Å². The fourth-order valence-electron chi connectivity index (χ4n) is 4.26. The zero-order chi connectivity index (χ0) is 19.8. The number of benzene rings is 2. The number of hydrogen-bond donors (Lipinski definition) is 2. The number of nitro groups is 1. The minimum absolute atomic E-state index is 0.0172. The van der Waals surface area contributed by atoms with E-state index in [4.69, 9.17) is 0 Å². The lowest BCUT2D eigenvalue weighted by atomic mass is 9.79. The molecule has 2 aliphatic rings. The molecule has 0 saturated heterocycles. The number of fused-ring (bicyclic) bond motifs is 1. The van der Waals surface area contributed by atoms with E-state index in [1.54, 1.807) is 18.2 Å². The molecule has 1 aliphatic carbocycles. The van der Waals surface area contributed by atoms with Gasteiger partial charge in [-0.2, -0.15) is 0 Å². The number of nitro benzene ring substituents is 1. The molecule has 1 aliphatic heterocycles. The molecule has 7 heteroatoms. The average Bonchev–Trinajstić information content (AvgIpc) is 3.09. The Balaban J connectivity index is 1.95. The van der Waals surface area contributed by atoms with Crippen molar-refractivity contribution in [3.05, 3.63) is 80.5 Å². The van der Waals surface area contributed by atoms with Crippen LogP contribution in [-0.4, -0.2) is 34.1 Å². The summed E-state index contributed by atoms with van der Waals surface area (Å²) in [6.45, 7) is 0.150. The summed E-state index contributed by atoms with van der Waals surface area (Å²) in [7, 11) is 0. The Bertz CT molecular complexity index is 998. The van der Waals surface area contributed by atoms with Gasteiger partial charge in [-0.15, -0.1) is 0 Å². The Morgan fingerprint density at radius 1 is 1.14 bits per heavy atom. The number of carbonyl (C=O) groups is 1. The SMILES string of the molecule is O=C1CCC2=C1C(c1cccc([N+](=O)[O-])c1)c1ccc(CO)cc1N2CCO. The van der Waals surface area contributed by atoms with Gasteiger partial charge in [0.05, 0.1) is 18.1 Å². The van der Waals surface area contributed by atoms with Crippen LogP contribution in [0, 0.1) is 10.1 Å². The Labute approximate surface area is 161 Å². The van der Waals surface area contributed by atoms with Crippen molar-refractivity contribution in [1.82, 2.24) is 0 Å². The third kappa shape index (κ3) is 2.89. The minimum atomic E-state index is -0.439. The van der Waals surface area contributed by atoms with Crippen LogP contribution in [0.4, 0.5) is 11.4 Å². The van der Waals surface area contributed by atoms with Crippen LogP contribution in [0.3, 0.4) is 0 Å². The normalized spacial score (nSPS) is 18.3. The second-order valence-electron chi connectivity index (χ2n) is 7.00. The molecule has 0 bridgehead atoms. The van der Waals surface area contributed by atoms with E-state index >= 15 is 0 Å². The van der Waals surface area contributed by atoms with E-state index in [-0.39, 0.29) is 24.7 Å². The molecule has 144 valence electrons. The fourth-order valence-corrected chi connectivity index (χ4v) is 4.26. The first-order valence-corrected chi connectivity index (χ1v) is 9.17. The Hall–Kier alpha value is -3.03. The van der Waals surface area contributed by atoms with Crippen LogP contribution < -0.4 is 4.90 Å². The molecule has 0 aromatic heterocycles. The van der Waals surface area contributed by atoms with Crippen molar-refractivity contribution >= 4 is 17.2 Å². The number of carbonyl (C=O) groups excluding carboxylic acids is 1. The van der Waals surface area contributed by atoms with Gasteiger partial charge < -0.3 is 15.1 Å². The molecule has 2 N–H and O–H groups in total. The van der Waals surface area contributed by atoms with E-state index in [2.05, 4.69) is 0 Å². The maximum absolute atomic E-state index is 12.8. The van der Waals surface area contributed by atoms with Crippen LogP contribution in [0.1, 0.15) is 35.4 Å². The van der Waals surface area contributed by atoms with E-state index in [9.17, 15) is 25.1 Å². The Morgan fingerprint density at radius 2 is 1.96 bits per heavy atom. The van der Waals surface area contributed by atoms with Crippen LogP contribution >= 0.6 is 0 Å². The van der Waals surface area contributed by atoms with E-state index < -0.39 is 10.8 Å². The molecule has 1 atom stereocenters. The highest BCUT2D eigenvalue weighted by Crippen LogP contribution is 2.49. The van der Waals surface area contributed by atoms with Gasteiger partial charge in [0.2, 0.25) is 0 Å². The lowest BCUT2D eigenvalue weighted by Crippen LogP contribution is -2.32. The first-order chi connectivity index (χ1) is 13.5. The summed E-state index contributed by atoms with van der Waals surface area (Å²) in [4.78, 5) is 25.5. The standard InChI is InChI=1S/C21H20N2O5/c24-9-8-22-17-6-7-19(26)21(17)20(14-2-1-3-15(11-14)23(27)28)16-5-4-13(12-25)10-18(16)22/h1-5,10-11,20,24-25H,6-9,12H2. The summed E-state index contributed by atoms with van der Waals surface area (Å²) >= 11 is 0. The topological polar surface area (TPSA) is 104 Å².